The van der Waals surface area contributed by atoms with Gasteiger partial charge in [-0.05, 0) is 6.42 Å². The normalized spacial score (nSPS) is 11.4. The first-order valence-electron chi connectivity index (χ1n) is 13.9. The molecule has 0 saturated carbocycles. The second kappa shape index (κ2) is 14.6. The van der Waals surface area contributed by atoms with E-state index < -0.39 is 5.43 Å². The number of phenols is 2. The molecule has 0 atom stereocenters. The van der Waals surface area contributed by atoms with E-state index >= 15 is 0 Å². The van der Waals surface area contributed by atoms with E-state index in [1.54, 1.807) is 0 Å². The van der Waals surface area contributed by atoms with E-state index in [0.29, 0.717) is 17.8 Å². The second-order valence-electron chi connectivity index (χ2n) is 10.00. The van der Waals surface area contributed by atoms with Gasteiger partial charge in [0.25, 0.3) is 0 Å². The predicted octanol–water partition coefficient (Wildman–Crippen LogP) is 8.27. The number of nitrogens with zero attached hydrogens (tertiary/aromatic N) is 1. The zero-order valence-electron chi connectivity index (χ0n) is 21.8. The topological polar surface area (TPSA) is 82.7 Å². The number of aromatic nitrogens is 1. The van der Waals surface area contributed by atoms with Crippen molar-refractivity contribution in [2.24, 2.45) is 0 Å². The zero-order chi connectivity index (χ0) is 25.8. The molecule has 0 bridgehead atoms. The van der Waals surface area contributed by atoms with Gasteiger partial charge in [-0.1, -0.05) is 121 Å². The number of phenolic OH excluding ortho intramolecular Hbond substituents is 2. The second-order valence-corrected chi connectivity index (χ2v) is 10.00. The molecule has 0 aliphatic heterocycles. The Kier molecular flexibility index (Phi) is 11.2. The number of hydrogen-bond acceptors (Lipinski definition) is 4. The van der Waals surface area contributed by atoms with Crippen molar-refractivity contribution < 1.29 is 15.3 Å². The molecule has 0 amide bonds. The number of fused-ring (bicyclic) bond motifs is 1. The molecule has 1 aromatic heterocycles. The van der Waals surface area contributed by atoms with Crippen LogP contribution in [-0.2, 0) is 6.54 Å². The molecule has 196 valence electrons. The smallest absolute Gasteiger partial charge is 0.235 e. The van der Waals surface area contributed by atoms with E-state index in [-0.39, 0.29) is 22.6 Å². The fourth-order valence-electron chi connectivity index (χ4n) is 5.10. The summed E-state index contributed by atoms with van der Waals surface area (Å²) >= 11 is 0. The van der Waals surface area contributed by atoms with Gasteiger partial charge in [0.2, 0.25) is 5.43 Å². The van der Waals surface area contributed by atoms with E-state index in [1.165, 1.54) is 76.7 Å². The number of aromatic hydroxyl groups is 3. The highest BCUT2D eigenvalue weighted by Crippen LogP contribution is 2.35. The summed E-state index contributed by atoms with van der Waals surface area (Å²) in [6.45, 7) is 2.84. The molecule has 36 heavy (non-hydrogen) atoms. The van der Waals surface area contributed by atoms with Crippen LogP contribution in [0.3, 0.4) is 0 Å². The maximum absolute atomic E-state index is 12.9. The zero-order valence-corrected chi connectivity index (χ0v) is 21.8. The summed E-state index contributed by atoms with van der Waals surface area (Å²) in [7, 11) is 0. The maximum atomic E-state index is 12.9. The number of unbranched alkanes of at least 4 members (excludes halogenated alkanes) is 13. The first-order valence-corrected chi connectivity index (χ1v) is 13.9. The molecule has 0 unspecified atom stereocenters. The molecule has 0 fully saturated rings. The van der Waals surface area contributed by atoms with Crippen LogP contribution in [0.2, 0.25) is 0 Å². The molecule has 3 rings (SSSR count). The molecule has 1 heterocycles. The molecule has 0 aliphatic carbocycles. The van der Waals surface area contributed by atoms with Gasteiger partial charge in [0.05, 0.1) is 16.6 Å². The summed E-state index contributed by atoms with van der Waals surface area (Å²) in [5, 5.41) is 31.3. The molecule has 0 radical (unpaired) electrons. The Balaban J connectivity index is 1.55. The minimum absolute atomic E-state index is 0.0374. The monoisotopic (exact) mass is 493 g/mol. The van der Waals surface area contributed by atoms with Crippen LogP contribution < -0.4 is 5.43 Å². The Morgan fingerprint density at radius 2 is 1.22 bits per heavy atom. The van der Waals surface area contributed by atoms with E-state index in [4.69, 9.17) is 0 Å². The molecule has 5 nitrogen and oxygen atoms in total. The first kappa shape index (κ1) is 27.6. The molecule has 0 aliphatic rings. The molecule has 0 saturated heterocycles. The SMILES string of the molecule is CCCCCCCCCCCCCCCCn1c(-c2ccccc2)c(O)c(=O)c2c(O)cc(O)cc21. The summed E-state index contributed by atoms with van der Waals surface area (Å²) in [4.78, 5) is 12.9. The van der Waals surface area contributed by atoms with Crippen LogP contribution in [0.5, 0.6) is 17.2 Å². The highest BCUT2D eigenvalue weighted by molar-refractivity contribution is 5.91. The maximum Gasteiger partial charge on any atom is 0.235 e. The molecular formula is C31H43NO4. The first-order chi connectivity index (χ1) is 17.5. The van der Waals surface area contributed by atoms with Crippen LogP contribution in [-0.4, -0.2) is 19.9 Å². The summed E-state index contributed by atoms with van der Waals surface area (Å²) < 4.78 is 1.86. The lowest BCUT2D eigenvalue weighted by molar-refractivity contribution is 0.449. The average Bonchev–Trinajstić information content (AvgIpc) is 2.87. The third-order valence-electron chi connectivity index (χ3n) is 7.09. The Morgan fingerprint density at radius 3 is 1.78 bits per heavy atom. The molecular weight excluding hydrogens is 450 g/mol. The van der Waals surface area contributed by atoms with Crippen LogP contribution in [0.25, 0.3) is 22.2 Å². The largest absolute Gasteiger partial charge is 0.508 e. The number of rotatable bonds is 16. The molecule has 3 aromatic rings. The van der Waals surface area contributed by atoms with Crippen molar-refractivity contribution >= 4 is 10.9 Å². The average molecular weight is 494 g/mol. The fraction of sp³-hybridized carbons (Fsp3) is 0.516. The van der Waals surface area contributed by atoms with Gasteiger partial charge < -0.3 is 19.9 Å². The third kappa shape index (κ3) is 7.52. The van der Waals surface area contributed by atoms with Gasteiger partial charge in [-0.3, -0.25) is 4.79 Å². The van der Waals surface area contributed by atoms with Crippen molar-refractivity contribution in [3.8, 4) is 28.5 Å². The number of aryl methyl sites for hydroxylation is 1. The van der Waals surface area contributed by atoms with Gasteiger partial charge in [-0.2, -0.15) is 0 Å². The predicted molar refractivity (Wildman–Crippen MR) is 149 cm³/mol. The van der Waals surface area contributed by atoms with Crippen molar-refractivity contribution in [2.75, 3.05) is 0 Å². The number of pyridine rings is 1. The summed E-state index contributed by atoms with van der Waals surface area (Å²) in [5.41, 5.74) is 0.956. The van der Waals surface area contributed by atoms with E-state index in [9.17, 15) is 20.1 Å². The Bertz CT molecular complexity index is 1140. The summed E-state index contributed by atoms with van der Waals surface area (Å²) in [6, 6.07) is 11.9. The number of benzene rings is 2. The lowest BCUT2D eigenvalue weighted by Crippen LogP contribution is -2.13. The van der Waals surface area contributed by atoms with Crippen molar-refractivity contribution in [3.05, 3.63) is 52.7 Å². The lowest BCUT2D eigenvalue weighted by atomic mass is 10.0. The van der Waals surface area contributed by atoms with Crippen molar-refractivity contribution in [1.82, 2.24) is 4.57 Å². The standard InChI is InChI=1S/C31H43NO4/c1-2-3-4-5-6-7-8-9-10-11-12-13-14-18-21-32-26-22-25(33)23-27(34)28(26)30(35)31(36)29(32)24-19-16-15-17-20-24/h15-17,19-20,22-23,33-34,36H,2-14,18,21H2,1H3. The van der Waals surface area contributed by atoms with Crippen LogP contribution >= 0.6 is 0 Å². The van der Waals surface area contributed by atoms with Crippen molar-refractivity contribution in [3.63, 3.8) is 0 Å². The molecule has 2 aromatic carbocycles. The van der Waals surface area contributed by atoms with E-state index in [2.05, 4.69) is 6.92 Å². The molecule has 5 heteroatoms. The van der Waals surface area contributed by atoms with Gasteiger partial charge in [-0.25, -0.2) is 0 Å². The van der Waals surface area contributed by atoms with Gasteiger partial charge in [-0.15, -0.1) is 0 Å². The van der Waals surface area contributed by atoms with Crippen LogP contribution in [0, 0.1) is 0 Å². The van der Waals surface area contributed by atoms with Gasteiger partial charge >= 0.3 is 0 Å². The van der Waals surface area contributed by atoms with Crippen LogP contribution in [0.4, 0.5) is 0 Å². The summed E-state index contributed by atoms with van der Waals surface area (Å²) in [5.74, 6) is -0.807. The quantitative estimate of drug-likeness (QED) is 0.175. The van der Waals surface area contributed by atoms with Gasteiger partial charge in [0, 0.05) is 24.2 Å². The van der Waals surface area contributed by atoms with Crippen LogP contribution in [0.1, 0.15) is 96.8 Å². The van der Waals surface area contributed by atoms with Crippen molar-refractivity contribution in [1.29, 1.82) is 0 Å². The minimum Gasteiger partial charge on any atom is -0.508 e. The third-order valence-corrected chi connectivity index (χ3v) is 7.09. The Morgan fingerprint density at radius 1 is 0.694 bits per heavy atom. The molecule has 0 spiro atoms. The fourth-order valence-corrected chi connectivity index (χ4v) is 5.10. The van der Waals surface area contributed by atoms with Crippen molar-refractivity contribution in [2.45, 2.75) is 103 Å². The Hall–Kier alpha value is -2.95. The van der Waals surface area contributed by atoms with E-state index in [1.807, 2.05) is 34.9 Å². The molecule has 3 N–H and O–H groups in total. The van der Waals surface area contributed by atoms with Gasteiger partial charge in [0.1, 0.15) is 11.5 Å². The van der Waals surface area contributed by atoms with Gasteiger partial charge in [0.15, 0.2) is 5.75 Å². The highest BCUT2D eigenvalue weighted by Gasteiger charge is 2.20. The number of hydrogen-bond donors (Lipinski definition) is 3. The minimum atomic E-state index is -0.626. The summed E-state index contributed by atoms with van der Waals surface area (Å²) in [6.07, 6.45) is 17.8. The lowest BCUT2D eigenvalue weighted by Gasteiger charge is -2.19. The van der Waals surface area contributed by atoms with E-state index in [0.717, 1.165) is 30.9 Å². The highest BCUT2D eigenvalue weighted by atomic mass is 16.3. The Labute approximate surface area is 215 Å². The van der Waals surface area contributed by atoms with Crippen LogP contribution in [0.15, 0.2) is 47.3 Å².